The fourth-order valence-electron chi connectivity index (χ4n) is 1.74. The van der Waals surface area contributed by atoms with Gasteiger partial charge in [-0.15, -0.1) is 0 Å². The van der Waals surface area contributed by atoms with Crippen molar-refractivity contribution >= 4 is 11.8 Å². The summed E-state index contributed by atoms with van der Waals surface area (Å²) in [6.07, 6.45) is 4.45. The summed E-state index contributed by atoms with van der Waals surface area (Å²) in [7, 11) is 0. The minimum Gasteiger partial charge on any atom is -0.496 e. The maximum Gasteiger partial charge on any atom is 0.109 e. The number of hydrogen-bond donors (Lipinski definition) is 1. The summed E-state index contributed by atoms with van der Waals surface area (Å²) < 4.78 is 5.45. The lowest BCUT2D eigenvalue weighted by Crippen LogP contribution is -2.32. The van der Waals surface area contributed by atoms with E-state index in [2.05, 4.69) is 6.08 Å². The van der Waals surface area contributed by atoms with Crippen LogP contribution in [0.25, 0.3) is 0 Å². The van der Waals surface area contributed by atoms with Crippen molar-refractivity contribution in [2.75, 3.05) is 18.1 Å². The molecule has 12 heavy (non-hydrogen) atoms. The van der Waals surface area contributed by atoms with Crippen molar-refractivity contribution in [3.05, 3.63) is 11.8 Å². The lowest BCUT2D eigenvalue weighted by molar-refractivity contribution is 0.211. The minimum absolute atomic E-state index is 0.169. The van der Waals surface area contributed by atoms with Crippen molar-refractivity contribution in [2.45, 2.75) is 18.9 Å². The number of rotatable bonds is 2. The second-order valence-electron chi connectivity index (χ2n) is 3.39. The Morgan fingerprint density at radius 1 is 1.67 bits per heavy atom. The summed E-state index contributed by atoms with van der Waals surface area (Å²) >= 11 is 2.01. The third kappa shape index (κ3) is 1.62. The van der Waals surface area contributed by atoms with Crippen molar-refractivity contribution in [2.24, 2.45) is 11.7 Å². The molecular formula is C9H15NOS. The van der Waals surface area contributed by atoms with Crippen molar-refractivity contribution in [3.63, 3.8) is 0 Å². The van der Waals surface area contributed by atoms with E-state index in [0.717, 1.165) is 18.8 Å². The van der Waals surface area contributed by atoms with Crippen LogP contribution in [-0.2, 0) is 4.74 Å². The first kappa shape index (κ1) is 8.45. The third-order valence-electron chi connectivity index (χ3n) is 2.53. The Hall–Kier alpha value is -0.150. The van der Waals surface area contributed by atoms with Gasteiger partial charge in [0.05, 0.1) is 12.6 Å². The van der Waals surface area contributed by atoms with E-state index in [1.165, 1.54) is 17.9 Å². The van der Waals surface area contributed by atoms with Gasteiger partial charge in [-0.3, -0.25) is 0 Å². The standard InChI is InChI=1S/C9H15NOS/c10-9(7-3-5-12-6-7)8-2-1-4-11-8/h2,7,9H,1,3-6,10H2. The molecule has 0 radical (unpaired) electrons. The van der Waals surface area contributed by atoms with Crippen LogP contribution >= 0.6 is 11.8 Å². The van der Waals surface area contributed by atoms with Crippen LogP contribution in [0.5, 0.6) is 0 Å². The Bertz CT molecular complexity index is 187. The molecule has 1 fully saturated rings. The Morgan fingerprint density at radius 3 is 3.17 bits per heavy atom. The first-order chi connectivity index (χ1) is 5.88. The molecule has 0 aliphatic carbocycles. The highest BCUT2D eigenvalue weighted by Gasteiger charge is 2.27. The second-order valence-corrected chi connectivity index (χ2v) is 4.54. The summed E-state index contributed by atoms with van der Waals surface area (Å²) in [5, 5.41) is 0. The van der Waals surface area contributed by atoms with Crippen LogP contribution in [0.15, 0.2) is 11.8 Å². The monoisotopic (exact) mass is 185 g/mol. The highest BCUT2D eigenvalue weighted by Crippen LogP contribution is 2.29. The molecule has 2 N–H and O–H groups in total. The van der Waals surface area contributed by atoms with Gasteiger partial charge < -0.3 is 10.5 Å². The molecule has 68 valence electrons. The van der Waals surface area contributed by atoms with Gasteiger partial charge in [-0.2, -0.15) is 11.8 Å². The molecule has 0 amide bonds. The van der Waals surface area contributed by atoms with Gasteiger partial charge in [-0.1, -0.05) is 0 Å². The van der Waals surface area contributed by atoms with Gasteiger partial charge in [-0.25, -0.2) is 0 Å². The van der Waals surface area contributed by atoms with E-state index < -0.39 is 0 Å². The van der Waals surface area contributed by atoms with Crippen LogP contribution in [-0.4, -0.2) is 24.2 Å². The summed E-state index contributed by atoms with van der Waals surface area (Å²) in [5.74, 6) is 4.18. The van der Waals surface area contributed by atoms with Crippen molar-refractivity contribution in [3.8, 4) is 0 Å². The first-order valence-electron chi connectivity index (χ1n) is 4.54. The quantitative estimate of drug-likeness (QED) is 0.705. The van der Waals surface area contributed by atoms with Gasteiger partial charge in [0.25, 0.3) is 0 Å². The molecule has 3 heteroatoms. The minimum atomic E-state index is 0.169. The third-order valence-corrected chi connectivity index (χ3v) is 3.72. The Kier molecular flexibility index (Phi) is 2.61. The molecule has 2 aliphatic heterocycles. The molecule has 2 heterocycles. The maximum atomic E-state index is 6.08. The predicted octanol–water partition coefficient (Wildman–Crippen LogP) is 1.37. The SMILES string of the molecule is NC(C1=CCCO1)C1CCSC1. The van der Waals surface area contributed by atoms with E-state index in [9.17, 15) is 0 Å². The highest BCUT2D eigenvalue weighted by molar-refractivity contribution is 7.99. The molecule has 2 unspecified atom stereocenters. The zero-order valence-corrected chi connectivity index (χ0v) is 7.98. The lowest BCUT2D eigenvalue weighted by atomic mass is 9.98. The van der Waals surface area contributed by atoms with Crippen molar-refractivity contribution < 1.29 is 4.74 Å². The lowest BCUT2D eigenvalue weighted by Gasteiger charge is -2.18. The molecule has 0 spiro atoms. The van der Waals surface area contributed by atoms with Crippen LogP contribution in [0.1, 0.15) is 12.8 Å². The second kappa shape index (κ2) is 3.71. The average Bonchev–Trinajstić information content (AvgIpc) is 2.77. The van der Waals surface area contributed by atoms with Crippen LogP contribution in [0, 0.1) is 5.92 Å². The van der Waals surface area contributed by atoms with Gasteiger partial charge in [0.15, 0.2) is 0 Å². The van der Waals surface area contributed by atoms with Crippen molar-refractivity contribution in [1.29, 1.82) is 0 Å². The van der Waals surface area contributed by atoms with Crippen molar-refractivity contribution in [1.82, 2.24) is 0 Å². The van der Waals surface area contributed by atoms with Gasteiger partial charge in [-0.05, 0) is 29.9 Å². The summed E-state index contributed by atoms with van der Waals surface area (Å²) in [5.41, 5.74) is 6.08. The van der Waals surface area contributed by atoms with Crippen LogP contribution < -0.4 is 5.73 Å². The summed E-state index contributed by atoms with van der Waals surface area (Å²) in [6, 6.07) is 0.169. The number of ether oxygens (including phenoxy) is 1. The molecule has 1 saturated heterocycles. The molecule has 0 aromatic carbocycles. The summed E-state index contributed by atoms with van der Waals surface area (Å²) in [4.78, 5) is 0. The molecule has 2 atom stereocenters. The first-order valence-corrected chi connectivity index (χ1v) is 5.69. The predicted molar refractivity (Wildman–Crippen MR) is 52.1 cm³/mol. The normalized spacial score (nSPS) is 31.4. The van der Waals surface area contributed by atoms with Crippen LogP contribution in [0.2, 0.25) is 0 Å². The molecular weight excluding hydrogens is 170 g/mol. The topological polar surface area (TPSA) is 35.2 Å². The molecule has 2 aliphatic rings. The molecule has 2 rings (SSSR count). The van der Waals surface area contributed by atoms with E-state index in [4.69, 9.17) is 10.5 Å². The van der Waals surface area contributed by atoms with Crippen LogP contribution in [0.3, 0.4) is 0 Å². The van der Waals surface area contributed by atoms with Gasteiger partial charge >= 0.3 is 0 Å². The van der Waals surface area contributed by atoms with E-state index in [0.29, 0.717) is 5.92 Å². The van der Waals surface area contributed by atoms with E-state index >= 15 is 0 Å². The molecule has 2 nitrogen and oxygen atoms in total. The largest absolute Gasteiger partial charge is 0.496 e. The maximum absolute atomic E-state index is 6.08. The van der Waals surface area contributed by atoms with E-state index in [-0.39, 0.29) is 6.04 Å². The summed E-state index contributed by atoms with van der Waals surface area (Å²) in [6.45, 7) is 0.836. The molecule has 0 bridgehead atoms. The molecule has 0 aromatic heterocycles. The van der Waals surface area contributed by atoms with E-state index in [1.807, 2.05) is 11.8 Å². The Balaban J connectivity index is 1.93. The van der Waals surface area contributed by atoms with Gasteiger partial charge in [0, 0.05) is 6.42 Å². The number of hydrogen-bond acceptors (Lipinski definition) is 3. The molecule has 0 saturated carbocycles. The van der Waals surface area contributed by atoms with Gasteiger partial charge in [0.2, 0.25) is 0 Å². The zero-order valence-electron chi connectivity index (χ0n) is 7.16. The Morgan fingerprint density at radius 2 is 2.58 bits per heavy atom. The van der Waals surface area contributed by atoms with Crippen LogP contribution in [0.4, 0.5) is 0 Å². The molecule has 0 aromatic rings. The fraction of sp³-hybridized carbons (Fsp3) is 0.778. The fourth-order valence-corrected chi connectivity index (χ4v) is 3.05. The highest BCUT2D eigenvalue weighted by atomic mass is 32.2. The number of nitrogens with two attached hydrogens (primary N) is 1. The zero-order chi connectivity index (χ0) is 8.39. The average molecular weight is 185 g/mol. The van der Waals surface area contributed by atoms with E-state index in [1.54, 1.807) is 0 Å². The Labute approximate surface area is 77.5 Å². The van der Waals surface area contributed by atoms with Gasteiger partial charge in [0.1, 0.15) is 5.76 Å². The number of thioether (sulfide) groups is 1. The smallest absolute Gasteiger partial charge is 0.109 e.